The van der Waals surface area contributed by atoms with Crippen LogP contribution in [0.5, 0.6) is 5.75 Å². The molecule has 0 unspecified atom stereocenters. The molecule has 1 aliphatic heterocycles. The van der Waals surface area contributed by atoms with Crippen LogP contribution in [0.1, 0.15) is 36.4 Å². The average molecular weight is 497 g/mol. The Morgan fingerprint density at radius 2 is 1.97 bits per heavy atom. The molecule has 3 heterocycles. The number of rotatable bonds is 7. The first-order chi connectivity index (χ1) is 18.1. The normalized spacial score (nSPS) is 15.4. The molecule has 1 aliphatic rings. The molecular formula is C30H29FN4O2. The third-order valence-electron chi connectivity index (χ3n) is 6.82. The van der Waals surface area contributed by atoms with Gasteiger partial charge in [-0.25, -0.2) is 14.4 Å². The van der Waals surface area contributed by atoms with Gasteiger partial charge >= 0.3 is 0 Å². The fourth-order valence-corrected chi connectivity index (χ4v) is 4.89. The molecule has 188 valence electrons. The van der Waals surface area contributed by atoms with Gasteiger partial charge in [-0.05, 0) is 55.2 Å². The number of pyridine rings is 1. The molecule has 2 aromatic heterocycles. The number of ether oxygens (including phenoxy) is 1. The second kappa shape index (κ2) is 11.3. The number of halogens is 1. The van der Waals surface area contributed by atoms with Gasteiger partial charge in [-0.1, -0.05) is 30.3 Å². The molecule has 2 aromatic carbocycles. The Kier molecular flexibility index (Phi) is 7.49. The maximum atomic E-state index is 14.8. The van der Waals surface area contributed by atoms with Gasteiger partial charge in [0.2, 0.25) is 5.91 Å². The van der Waals surface area contributed by atoms with Gasteiger partial charge in [0.15, 0.2) is 5.82 Å². The van der Waals surface area contributed by atoms with Gasteiger partial charge in [0.05, 0.1) is 12.8 Å². The lowest BCUT2D eigenvalue weighted by Gasteiger charge is -2.33. The van der Waals surface area contributed by atoms with Crippen molar-refractivity contribution in [1.82, 2.24) is 19.9 Å². The fourth-order valence-electron chi connectivity index (χ4n) is 4.89. The zero-order valence-corrected chi connectivity index (χ0v) is 20.8. The summed E-state index contributed by atoms with van der Waals surface area (Å²) in [5.41, 5.74) is 3.77. The predicted molar refractivity (Wildman–Crippen MR) is 141 cm³/mol. The highest BCUT2D eigenvalue weighted by Crippen LogP contribution is 2.35. The predicted octanol–water partition coefficient (Wildman–Crippen LogP) is 5.69. The van der Waals surface area contributed by atoms with Crippen molar-refractivity contribution in [1.29, 1.82) is 0 Å². The summed E-state index contributed by atoms with van der Waals surface area (Å²) in [5, 5.41) is 0. The maximum absolute atomic E-state index is 14.8. The van der Waals surface area contributed by atoms with Gasteiger partial charge < -0.3 is 9.64 Å². The van der Waals surface area contributed by atoms with Gasteiger partial charge in [0.25, 0.3) is 0 Å². The molecule has 0 spiro atoms. The van der Waals surface area contributed by atoms with E-state index in [9.17, 15) is 9.18 Å². The van der Waals surface area contributed by atoms with Crippen molar-refractivity contribution in [2.24, 2.45) is 0 Å². The molecule has 1 atom stereocenters. The highest BCUT2D eigenvalue weighted by molar-refractivity contribution is 5.77. The molecule has 0 bridgehead atoms. The van der Waals surface area contributed by atoms with Crippen LogP contribution in [0.2, 0.25) is 0 Å². The van der Waals surface area contributed by atoms with E-state index in [0.29, 0.717) is 42.9 Å². The third kappa shape index (κ3) is 5.66. The zero-order valence-electron chi connectivity index (χ0n) is 20.8. The first-order valence-corrected chi connectivity index (χ1v) is 12.6. The first-order valence-electron chi connectivity index (χ1n) is 12.6. The molecule has 0 radical (unpaired) electrons. The number of carbonyl (C=O) groups is 1. The van der Waals surface area contributed by atoms with Crippen LogP contribution in [-0.2, 0) is 11.2 Å². The number of hydrogen-bond acceptors (Lipinski definition) is 5. The lowest BCUT2D eigenvalue weighted by Crippen LogP contribution is -2.39. The standard InChI is InChI=1S/C30H29FN4O2/c1-37-24-10-4-7-21(17-24)13-14-28(36)35-16-6-9-23(20-35)29-26(25-11-2-3-12-27(25)31)19-33-30(34-29)22-8-5-15-32-18-22/h2-5,7-8,10-12,15,17-19,23H,6,9,13-14,16,20H2,1H3/t23-/m0/s1. The second-order valence-electron chi connectivity index (χ2n) is 9.24. The first kappa shape index (κ1) is 24.6. The third-order valence-corrected chi connectivity index (χ3v) is 6.82. The number of benzene rings is 2. The van der Waals surface area contributed by atoms with Gasteiger partial charge in [0, 0.05) is 60.7 Å². The van der Waals surface area contributed by atoms with Crippen molar-refractivity contribution < 1.29 is 13.9 Å². The summed E-state index contributed by atoms with van der Waals surface area (Å²) in [6.07, 6.45) is 7.92. The van der Waals surface area contributed by atoms with Crippen LogP contribution in [0.3, 0.4) is 0 Å². The molecular weight excluding hydrogens is 467 g/mol. The molecule has 6 nitrogen and oxygen atoms in total. The van der Waals surface area contributed by atoms with E-state index in [1.165, 1.54) is 6.07 Å². The van der Waals surface area contributed by atoms with Crippen LogP contribution < -0.4 is 4.74 Å². The monoisotopic (exact) mass is 496 g/mol. The second-order valence-corrected chi connectivity index (χ2v) is 9.24. The number of amides is 1. The minimum Gasteiger partial charge on any atom is -0.497 e. The molecule has 0 saturated carbocycles. The molecule has 7 heteroatoms. The number of aryl methyl sites for hydroxylation is 1. The minimum atomic E-state index is -0.316. The quantitative estimate of drug-likeness (QED) is 0.329. The Bertz CT molecular complexity index is 1380. The van der Waals surface area contributed by atoms with Crippen molar-refractivity contribution in [2.75, 3.05) is 20.2 Å². The number of likely N-dealkylation sites (tertiary alicyclic amines) is 1. The molecule has 4 aromatic rings. The van der Waals surface area contributed by atoms with Crippen LogP contribution in [0, 0.1) is 5.82 Å². The van der Waals surface area contributed by atoms with Crippen LogP contribution in [0.4, 0.5) is 4.39 Å². The summed E-state index contributed by atoms with van der Waals surface area (Å²) >= 11 is 0. The Morgan fingerprint density at radius 3 is 2.78 bits per heavy atom. The lowest BCUT2D eigenvalue weighted by molar-refractivity contribution is -0.132. The van der Waals surface area contributed by atoms with Crippen molar-refractivity contribution in [2.45, 2.75) is 31.6 Å². The number of aromatic nitrogens is 3. The number of hydrogen-bond donors (Lipinski definition) is 0. The highest BCUT2D eigenvalue weighted by atomic mass is 19.1. The van der Waals surface area contributed by atoms with E-state index in [1.807, 2.05) is 47.4 Å². The van der Waals surface area contributed by atoms with Crippen LogP contribution in [-0.4, -0.2) is 46.0 Å². The molecule has 0 aliphatic carbocycles. The van der Waals surface area contributed by atoms with Crippen molar-refractivity contribution in [3.05, 3.63) is 96.3 Å². The van der Waals surface area contributed by atoms with Crippen LogP contribution in [0.25, 0.3) is 22.5 Å². The largest absolute Gasteiger partial charge is 0.497 e. The van der Waals surface area contributed by atoms with Crippen molar-refractivity contribution in [3.63, 3.8) is 0 Å². The van der Waals surface area contributed by atoms with E-state index in [2.05, 4.69) is 9.97 Å². The summed E-state index contributed by atoms with van der Waals surface area (Å²) in [6, 6.07) is 18.2. The zero-order chi connectivity index (χ0) is 25.6. The van der Waals surface area contributed by atoms with Gasteiger partial charge in [0.1, 0.15) is 11.6 Å². The van der Waals surface area contributed by atoms with E-state index in [4.69, 9.17) is 9.72 Å². The number of methoxy groups -OCH3 is 1. The molecule has 1 saturated heterocycles. The fraction of sp³-hybridized carbons (Fsp3) is 0.267. The number of carbonyl (C=O) groups excluding carboxylic acids is 1. The van der Waals surface area contributed by atoms with E-state index in [1.54, 1.807) is 37.8 Å². The summed E-state index contributed by atoms with van der Waals surface area (Å²) in [7, 11) is 1.64. The molecule has 37 heavy (non-hydrogen) atoms. The highest BCUT2D eigenvalue weighted by Gasteiger charge is 2.28. The Morgan fingerprint density at radius 1 is 1.08 bits per heavy atom. The summed E-state index contributed by atoms with van der Waals surface area (Å²) in [5.74, 6) is 1.11. The number of piperidine rings is 1. The van der Waals surface area contributed by atoms with E-state index >= 15 is 0 Å². The Balaban J connectivity index is 1.40. The molecule has 0 N–H and O–H groups in total. The minimum absolute atomic E-state index is 0.0254. The molecule has 5 rings (SSSR count). The van der Waals surface area contributed by atoms with Crippen molar-refractivity contribution in [3.8, 4) is 28.3 Å². The summed E-state index contributed by atoms with van der Waals surface area (Å²) in [4.78, 5) is 28.8. The van der Waals surface area contributed by atoms with Crippen molar-refractivity contribution >= 4 is 5.91 Å². The van der Waals surface area contributed by atoms with E-state index < -0.39 is 0 Å². The molecule has 1 fully saturated rings. The Labute approximate surface area is 216 Å². The summed E-state index contributed by atoms with van der Waals surface area (Å²) in [6.45, 7) is 1.25. The topological polar surface area (TPSA) is 68.2 Å². The Hall–Kier alpha value is -4.13. The van der Waals surface area contributed by atoms with Gasteiger partial charge in [-0.3, -0.25) is 9.78 Å². The average Bonchev–Trinajstić information content (AvgIpc) is 2.96. The lowest BCUT2D eigenvalue weighted by atomic mass is 9.89. The van der Waals surface area contributed by atoms with E-state index in [0.717, 1.165) is 35.4 Å². The van der Waals surface area contributed by atoms with Crippen LogP contribution in [0.15, 0.2) is 79.3 Å². The number of nitrogens with zero attached hydrogens (tertiary/aromatic N) is 4. The molecule has 1 amide bonds. The SMILES string of the molecule is COc1cccc(CCC(=O)N2CCC[C@H](c3nc(-c4cccnc4)ncc3-c3ccccc3F)C2)c1. The van der Waals surface area contributed by atoms with Gasteiger partial charge in [-0.15, -0.1) is 0 Å². The van der Waals surface area contributed by atoms with E-state index in [-0.39, 0.29) is 17.6 Å². The smallest absolute Gasteiger partial charge is 0.222 e. The van der Waals surface area contributed by atoms with Gasteiger partial charge in [-0.2, -0.15) is 0 Å². The van der Waals surface area contributed by atoms with Crippen LogP contribution >= 0.6 is 0 Å². The summed E-state index contributed by atoms with van der Waals surface area (Å²) < 4.78 is 20.1. The maximum Gasteiger partial charge on any atom is 0.222 e.